The molecular weight excluding hydrogens is 412 g/mol. The third-order valence-electron chi connectivity index (χ3n) is 5.11. The lowest BCUT2D eigenvalue weighted by atomic mass is 9.76. The molecule has 0 radical (unpaired) electrons. The molecule has 168 valence electrons. The zero-order valence-corrected chi connectivity index (χ0v) is 18.2. The van der Waals surface area contributed by atoms with Crippen molar-refractivity contribution in [2.24, 2.45) is 5.41 Å². The Balaban J connectivity index is 2.27. The van der Waals surface area contributed by atoms with Gasteiger partial charge in [0.2, 0.25) is 0 Å². The number of allylic oxidation sites excluding steroid dienone is 2. The average Bonchev–Trinajstić information content (AvgIpc) is 2.80. The molecule has 0 spiro atoms. The molecule has 0 aliphatic heterocycles. The highest BCUT2D eigenvalue weighted by molar-refractivity contribution is 6.17. The molecule has 0 atom stereocenters. The first kappa shape index (κ1) is 24.4. The van der Waals surface area contributed by atoms with E-state index in [2.05, 4.69) is 0 Å². The van der Waals surface area contributed by atoms with E-state index < -0.39 is 17.0 Å². The molecule has 32 heavy (non-hydrogen) atoms. The minimum absolute atomic E-state index is 0.0297. The molecule has 0 unspecified atom stereocenters. The van der Waals surface area contributed by atoms with Gasteiger partial charge < -0.3 is 24.5 Å². The highest BCUT2D eigenvalue weighted by atomic mass is 16.5. The van der Waals surface area contributed by atoms with Gasteiger partial charge in [0, 0.05) is 6.42 Å². The van der Waals surface area contributed by atoms with Crippen molar-refractivity contribution in [2.45, 2.75) is 19.8 Å². The second kappa shape index (κ2) is 10.9. The monoisotopic (exact) mass is 438 g/mol. The molecule has 2 aromatic rings. The Kier molecular flexibility index (Phi) is 8.35. The fourth-order valence-electron chi connectivity index (χ4n) is 3.02. The van der Waals surface area contributed by atoms with Gasteiger partial charge in [-0.15, -0.1) is 0 Å². The van der Waals surface area contributed by atoms with Crippen LogP contribution in [0.5, 0.6) is 23.0 Å². The van der Waals surface area contributed by atoms with Crippen molar-refractivity contribution in [1.82, 2.24) is 0 Å². The first-order valence-electron chi connectivity index (χ1n) is 9.88. The summed E-state index contributed by atoms with van der Waals surface area (Å²) in [4.78, 5) is 36.9. The van der Waals surface area contributed by atoms with E-state index in [0.29, 0.717) is 17.4 Å². The third-order valence-corrected chi connectivity index (χ3v) is 5.11. The first-order valence-corrected chi connectivity index (χ1v) is 9.88. The van der Waals surface area contributed by atoms with Crippen LogP contribution < -0.4 is 9.47 Å². The third kappa shape index (κ3) is 5.85. The number of ether oxygens (including phenoxy) is 2. The summed E-state index contributed by atoms with van der Waals surface area (Å²) in [6.07, 6.45) is 6.38. The normalized spacial score (nSPS) is 11.6. The smallest absolute Gasteiger partial charge is 0.169 e. The quantitative estimate of drug-likeness (QED) is 0.310. The number of aldehydes is 1. The van der Waals surface area contributed by atoms with E-state index in [1.54, 1.807) is 24.3 Å². The van der Waals surface area contributed by atoms with Crippen molar-refractivity contribution in [3.8, 4) is 23.0 Å². The van der Waals surface area contributed by atoms with Crippen LogP contribution in [0, 0.1) is 5.41 Å². The van der Waals surface area contributed by atoms with E-state index in [-0.39, 0.29) is 35.8 Å². The molecule has 0 aliphatic rings. The summed E-state index contributed by atoms with van der Waals surface area (Å²) in [6, 6.07) is 9.20. The van der Waals surface area contributed by atoms with E-state index in [0.717, 1.165) is 0 Å². The van der Waals surface area contributed by atoms with Crippen molar-refractivity contribution < 1.29 is 34.1 Å². The van der Waals surface area contributed by atoms with Crippen LogP contribution in [0.3, 0.4) is 0 Å². The first-order chi connectivity index (χ1) is 15.2. The fourth-order valence-corrected chi connectivity index (χ4v) is 3.02. The van der Waals surface area contributed by atoms with E-state index in [4.69, 9.17) is 9.47 Å². The lowest BCUT2D eigenvalue weighted by Crippen LogP contribution is -2.34. The summed E-state index contributed by atoms with van der Waals surface area (Å²) >= 11 is 0. The van der Waals surface area contributed by atoms with Crippen molar-refractivity contribution in [2.75, 3.05) is 14.2 Å². The van der Waals surface area contributed by atoms with Crippen molar-refractivity contribution >= 4 is 30.0 Å². The maximum Gasteiger partial charge on any atom is 0.169 e. The van der Waals surface area contributed by atoms with Crippen molar-refractivity contribution in [3.63, 3.8) is 0 Å². The van der Waals surface area contributed by atoms with Gasteiger partial charge in [-0.1, -0.05) is 24.3 Å². The molecular formula is C25H26O7. The molecule has 2 aromatic carbocycles. The summed E-state index contributed by atoms with van der Waals surface area (Å²) in [7, 11) is 2.83. The summed E-state index contributed by atoms with van der Waals surface area (Å²) in [5, 5.41) is 19.4. The van der Waals surface area contributed by atoms with Crippen LogP contribution in [0.25, 0.3) is 12.2 Å². The molecule has 0 aromatic heterocycles. The number of rotatable bonds is 11. The van der Waals surface area contributed by atoms with Gasteiger partial charge in [-0.3, -0.25) is 9.59 Å². The highest BCUT2D eigenvalue weighted by Gasteiger charge is 2.37. The van der Waals surface area contributed by atoms with Crippen LogP contribution in [0.1, 0.15) is 30.9 Å². The molecule has 2 N–H and O–H groups in total. The number of phenolic OH excluding ortho intramolecular Hbond substituents is 2. The number of phenols is 2. The molecule has 0 saturated heterocycles. The standard InChI is InChI=1S/C25H26O7/c1-25(13-4-14-26,23(29)11-7-17-5-9-19(27)21(15-17)31-2)24(30)12-8-18-6-10-20(28)22(16-18)32-3/h5-12,14-16,27-28H,4,13H2,1-3H3/b11-7+,12-8+. The molecule has 0 amide bonds. The fraction of sp³-hybridized carbons (Fsp3) is 0.240. The number of carbonyl (C=O) groups excluding carboxylic acids is 3. The number of ketones is 2. The van der Waals surface area contributed by atoms with Gasteiger partial charge in [-0.05, 0) is 60.9 Å². The Hall–Kier alpha value is -3.87. The Labute approximate surface area is 186 Å². The molecule has 0 fully saturated rings. The maximum atomic E-state index is 13.0. The molecule has 7 nitrogen and oxygen atoms in total. The van der Waals surface area contributed by atoms with Crippen LogP contribution in [-0.4, -0.2) is 42.3 Å². The van der Waals surface area contributed by atoms with Gasteiger partial charge in [0.05, 0.1) is 19.6 Å². The molecule has 0 bridgehead atoms. The average molecular weight is 438 g/mol. The van der Waals surface area contributed by atoms with Gasteiger partial charge in [-0.2, -0.15) is 0 Å². The van der Waals surface area contributed by atoms with Gasteiger partial charge in [0.15, 0.2) is 34.6 Å². The number of benzene rings is 2. The van der Waals surface area contributed by atoms with Crippen LogP contribution in [0.4, 0.5) is 0 Å². The van der Waals surface area contributed by atoms with Gasteiger partial charge in [-0.25, -0.2) is 0 Å². The van der Waals surface area contributed by atoms with E-state index in [9.17, 15) is 24.6 Å². The number of hydrogen-bond donors (Lipinski definition) is 2. The van der Waals surface area contributed by atoms with Crippen LogP contribution in [-0.2, 0) is 14.4 Å². The highest BCUT2D eigenvalue weighted by Crippen LogP contribution is 2.30. The summed E-state index contributed by atoms with van der Waals surface area (Å²) in [5.74, 6) is -0.456. The topological polar surface area (TPSA) is 110 Å². The number of aromatic hydroxyl groups is 2. The second-order valence-corrected chi connectivity index (χ2v) is 7.30. The zero-order valence-electron chi connectivity index (χ0n) is 18.2. The summed E-state index contributed by atoms with van der Waals surface area (Å²) in [6.45, 7) is 1.50. The van der Waals surface area contributed by atoms with Gasteiger partial charge >= 0.3 is 0 Å². The van der Waals surface area contributed by atoms with Crippen LogP contribution in [0.15, 0.2) is 48.6 Å². The molecule has 7 heteroatoms. The summed E-state index contributed by atoms with van der Waals surface area (Å²) < 4.78 is 10.1. The minimum atomic E-state index is -1.43. The van der Waals surface area contributed by atoms with Gasteiger partial charge in [0.25, 0.3) is 0 Å². The Morgan fingerprint density at radius 2 is 1.31 bits per heavy atom. The maximum absolute atomic E-state index is 13.0. The Morgan fingerprint density at radius 1 is 0.875 bits per heavy atom. The van der Waals surface area contributed by atoms with E-state index in [1.807, 2.05) is 0 Å². The molecule has 0 heterocycles. The zero-order chi connectivity index (χ0) is 23.7. The minimum Gasteiger partial charge on any atom is -0.504 e. The van der Waals surface area contributed by atoms with E-state index in [1.165, 1.54) is 57.6 Å². The van der Waals surface area contributed by atoms with Crippen LogP contribution >= 0.6 is 0 Å². The Morgan fingerprint density at radius 3 is 1.69 bits per heavy atom. The van der Waals surface area contributed by atoms with E-state index >= 15 is 0 Å². The lowest BCUT2D eigenvalue weighted by molar-refractivity contribution is -0.134. The number of methoxy groups -OCH3 is 2. The van der Waals surface area contributed by atoms with Crippen LogP contribution in [0.2, 0.25) is 0 Å². The number of hydrogen-bond acceptors (Lipinski definition) is 7. The Bertz CT molecular complexity index is 975. The SMILES string of the molecule is COc1cc(/C=C/C(=O)C(C)(CCC=O)C(=O)/C=C/c2ccc(O)c(OC)c2)ccc1O. The number of carbonyl (C=O) groups is 3. The second-order valence-electron chi connectivity index (χ2n) is 7.30. The van der Waals surface area contributed by atoms with Crippen molar-refractivity contribution in [3.05, 3.63) is 59.7 Å². The predicted octanol–water partition coefficient (Wildman–Crippen LogP) is 3.97. The molecule has 0 saturated carbocycles. The largest absolute Gasteiger partial charge is 0.504 e. The molecule has 2 rings (SSSR count). The van der Waals surface area contributed by atoms with Crippen molar-refractivity contribution in [1.29, 1.82) is 0 Å². The molecule has 0 aliphatic carbocycles. The van der Waals surface area contributed by atoms with Gasteiger partial charge in [0.1, 0.15) is 6.29 Å². The predicted molar refractivity (Wildman–Crippen MR) is 121 cm³/mol. The lowest BCUT2D eigenvalue weighted by Gasteiger charge is -2.23. The summed E-state index contributed by atoms with van der Waals surface area (Å²) in [5.41, 5.74) is -0.231.